The van der Waals surface area contributed by atoms with Crippen LogP contribution in [0.25, 0.3) is 10.1 Å². The number of phenolic OH excluding ortho intramolecular Hbond substituents is 1. The van der Waals surface area contributed by atoms with E-state index in [4.69, 9.17) is 0 Å². The standard InChI is InChI=1S/C12H12FNOS/c1-14-3-2-8-11(6-14)16-10-5-7(13)4-9(15)12(8)10/h4-5,15H,2-3,6H2,1H3. The second-order valence-corrected chi connectivity index (χ2v) is 5.43. The van der Waals surface area contributed by atoms with E-state index >= 15 is 0 Å². The van der Waals surface area contributed by atoms with Gasteiger partial charge < -0.3 is 10.0 Å². The molecule has 0 fully saturated rings. The first-order valence-corrected chi connectivity index (χ1v) is 6.08. The second kappa shape index (κ2) is 3.43. The molecule has 0 saturated heterocycles. The van der Waals surface area contributed by atoms with Crippen molar-refractivity contribution >= 4 is 21.4 Å². The molecule has 0 unspecified atom stereocenters. The Morgan fingerprint density at radius 1 is 1.44 bits per heavy atom. The summed E-state index contributed by atoms with van der Waals surface area (Å²) in [4.78, 5) is 3.50. The molecule has 3 rings (SSSR count). The lowest BCUT2D eigenvalue weighted by atomic mass is 10.0. The summed E-state index contributed by atoms with van der Waals surface area (Å²) in [6.45, 7) is 1.89. The molecule has 0 spiro atoms. The Morgan fingerprint density at radius 3 is 3.06 bits per heavy atom. The quantitative estimate of drug-likeness (QED) is 0.761. The molecule has 1 aliphatic rings. The Kier molecular flexibility index (Phi) is 2.16. The van der Waals surface area contributed by atoms with Crippen LogP contribution in [0.2, 0.25) is 0 Å². The van der Waals surface area contributed by atoms with Crippen molar-refractivity contribution in [2.45, 2.75) is 13.0 Å². The van der Waals surface area contributed by atoms with Crippen molar-refractivity contribution in [2.24, 2.45) is 0 Å². The largest absolute Gasteiger partial charge is 0.507 e. The fourth-order valence-corrected chi connectivity index (χ4v) is 3.68. The molecule has 0 atom stereocenters. The third-order valence-electron chi connectivity index (χ3n) is 3.07. The van der Waals surface area contributed by atoms with Gasteiger partial charge in [-0.15, -0.1) is 11.3 Å². The number of halogens is 1. The Labute approximate surface area is 96.9 Å². The smallest absolute Gasteiger partial charge is 0.128 e. The van der Waals surface area contributed by atoms with Gasteiger partial charge in [0, 0.05) is 34.1 Å². The zero-order valence-corrected chi connectivity index (χ0v) is 9.77. The highest BCUT2D eigenvalue weighted by Crippen LogP contribution is 2.39. The highest BCUT2D eigenvalue weighted by molar-refractivity contribution is 7.19. The average Bonchev–Trinajstić information content (AvgIpc) is 2.54. The van der Waals surface area contributed by atoms with Gasteiger partial charge in [-0.05, 0) is 25.1 Å². The minimum absolute atomic E-state index is 0.0806. The second-order valence-electron chi connectivity index (χ2n) is 4.29. The third kappa shape index (κ3) is 1.41. The van der Waals surface area contributed by atoms with Gasteiger partial charge in [0.2, 0.25) is 0 Å². The molecule has 2 nitrogen and oxygen atoms in total. The summed E-state index contributed by atoms with van der Waals surface area (Å²) in [5.41, 5.74) is 1.20. The molecule has 0 bridgehead atoms. The van der Waals surface area contributed by atoms with Gasteiger partial charge >= 0.3 is 0 Å². The Morgan fingerprint density at radius 2 is 2.25 bits per heavy atom. The van der Waals surface area contributed by atoms with Gasteiger partial charge in [-0.3, -0.25) is 0 Å². The maximum absolute atomic E-state index is 13.2. The van der Waals surface area contributed by atoms with E-state index in [9.17, 15) is 9.50 Å². The summed E-state index contributed by atoms with van der Waals surface area (Å²) in [6.07, 6.45) is 0.936. The first-order chi connectivity index (χ1) is 7.65. The van der Waals surface area contributed by atoms with Crippen molar-refractivity contribution in [1.82, 2.24) is 4.90 Å². The van der Waals surface area contributed by atoms with E-state index < -0.39 is 0 Å². The molecule has 1 N–H and O–H groups in total. The lowest BCUT2D eigenvalue weighted by Gasteiger charge is -2.22. The van der Waals surface area contributed by atoms with E-state index in [-0.39, 0.29) is 11.6 Å². The maximum atomic E-state index is 13.2. The molecular weight excluding hydrogens is 225 g/mol. The number of benzene rings is 1. The first kappa shape index (κ1) is 10.1. The summed E-state index contributed by atoms with van der Waals surface area (Å²) in [6, 6.07) is 2.71. The van der Waals surface area contributed by atoms with Crippen molar-refractivity contribution in [3.05, 3.63) is 28.4 Å². The summed E-state index contributed by atoms with van der Waals surface area (Å²) >= 11 is 1.59. The van der Waals surface area contributed by atoms with Crippen LogP contribution in [0, 0.1) is 5.82 Å². The predicted octanol–water partition coefficient (Wildman–Crippen LogP) is 2.73. The first-order valence-electron chi connectivity index (χ1n) is 5.26. The Bertz CT molecular complexity index is 564. The van der Waals surface area contributed by atoms with Crippen molar-refractivity contribution < 1.29 is 9.50 Å². The van der Waals surface area contributed by atoms with E-state index in [1.165, 1.54) is 22.6 Å². The molecule has 1 aromatic carbocycles. The summed E-state index contributed by atoms with van der Waals surface area (Å²) in [5, 5.41) is 10.7. The lowest BCUT2D eigenvalue weighted by Crippen LogP contribution is -2.25. The predicted molar refractivity (Wildman–Crippen MR) is 63.5 cm³/mol. The number of hydrogen-bond acceptors (Lipinski definition) is 3. The van der Waals surface area contributed by atoms with Crippen LogP contribution in [0.3, 0.4) is 0 Å². The topological polar surface area (TPSA) is 23.5 Å². The van der Waals surface area contributed by atoms with Crippen LogP contribution in [0.4, 0.5) is 4.39 Å². The molecule has 0 saturated carbocycles. The monoisotopic (exact) mass is 237 g/mol. The van der Waals surface area contributed by atoms with Crippen LogP contribution >= 0.6 is 11.3 Å². The number of aromatic hydroxyl groups is 1. The van der Waals surface area contributed by atoms with E-state index in [1.54, 1.807) is 11.3 Å². The van der Waals surface area contributed by atoms with Gasteiger partial charge in [0.05, 0.1) is 0 Å². The number of nitrogens with zero attached hydrogens (tertiary/aromatic N) is 1. The fraction of sp³-hybridized carbons (Fsp3) is 0.333. The highest BCUT2D eigenvalue weighted by Gasteiger charge is 2.21. The molecule has 84 valence electrons. The average molecular weight is 237 g/mol. The van der Waals surface area contributed by atoms with Crippen LogP contribution in [-0.4, -0.2) is 23.6 Å². The number of hydrogen-bond donors (Lipinski definition) is 1. The van der Waals surface area contributed by atoms with Gasteiger partial charge in [-0.2, -0.15) is 0 Å². The maximum Gasteiger partial charge on any atom is 0.128 e. The van der Waals surface area contributed by atoms with Crippen LogP contribution < -0.4 is 0 Å². The minimum atomic E-state index is -0.364. The van der Waals surface area contributed by atoms with E-state index in [2.05, 4.69) is 11.9 Å². The van der Waals surface area contributed by atoms with Crippen LogP contribution in [0.15, 0.2) is 12.1 Å². The molecule has 2 heterocycles. The van der Waals surface area contributed by atoms with E-state index in [1.807, 2.05) is 0 Å². The summed E-state index contributed by atoms with van der Waals surface area (Å²) in [7, 11) is 2.08. The molecular formula is C12H12FNOS. The van der Waals surface area contributed by atoms with Crippen molar-refractivity contribution in [3.63, 3.8) is 0 Å². The number of rotatable bonds is 0. The van der Waals surface area contributed by atoms with Gasteiger partial charge in [0.15, 0.2) is 0 Å². The third-order valence-corrected chi connectivity index (χ3v) is 4.24. The molecule has 2 aromatic rings. The molecule has 0 radical (unpaired) electrons. The summed E-state index contributed by atoms with van der Waals surface area (Å²) in [5.74, 6) is -0.283. The molecule has 16 heavy (non-hydrogen) atoms. The highest BCUT2D eigenvalue weighted by atomic mass is 32.1. The molecule has 1 aromatic heterocycles. The van der Waals surface area contributed by atoms with Gasteiger partial charge in [-0.25, -0.2) is 4.39 Å². The normalized spacial score (nSPS) is 16.6. The molecule has 1 aliphatic heterocycles. The molecule has 4 heteroatoms. The van der Waals surface area contributed by atoms with Crippen LogP contribution in [0.1, 0.15) is 10.4 Å². The SMILES string of the molecule is CN1CCc2c(sc3cc(F)cc(O)c23)C1. The fourth-order valence-electron chi connectivity index (χ4n) is 2.30. The number of likely N-dealkylation sites (N-methyl/N-ethyl adjacent to an activating group) is 1. The molecule has 0 aliphatic carbocycles. The summed E-state index contributed by atoms with van der Waals surface area (Å²) < 4.78 is 14.0. The Balaban J connectivity index is 2.29. The van der Waals surface area contributed by atoms with Crippen molar-refractivity contribution in [1.29, 1.82) is 0 Å². The van der Waals surface area contributed by atoms with E-state index in [0.717, 1.165) is 29.6 Å². The van der Waals surface area contributed by atoms with Gasteiger partial charge in [-0.1, -0.05) is 0 Å². The minimum Gasteiger partial charge on any atom is -0.507 e. The number of phenols is 1. The van der Waals surface area contributed by atoms with Crippen LogP contribution in [-0.2, 0) is 13.0 Å². The zero-order chi connectivity index (χ0) is 11.3. The van der Waals surface area contributed by atoms with E-state index in [0.29, 0.717) is 0 Å². The van der Waals surface area contributed by atoms with Gasteiger partial charge in [0.1, 0.15) is 11.6 Å². The number of thiophene rings is 1. The van der Waals surface area contributed by atoms with Crippen molar-refractivity contribution in [3.8, 4) is 5.75 Å². The molecule has 0 amide bonds. The lowest BCUT2D eigenvalue weighted by molar-refractivity contribution is 0.317. The van der Waals surface area contributed by atoms with Gasteiger partial charge in [0.25, 0.3) is 0 Å². The van der Waals surface area contributed by atoms with Crippen LogP contribution in [0.5, 0.6) is 5.75 Å². The van der Waals surface area contributed by atoms with Crippen molar-refractivity contribution in [2.75, 3.05) is 13.6 Å². The number of fused-ring (bicyclic) bond motifs is 3. The Hall–Kier alpha value is -1.13. The zero-order valence-electron chi connectivity index (χ0n) is 8.96.